The van der Waals surface area contributed by atoms with Gasteiger partial charge in [-0.3, -0.25) is 0 Å². The molecule has 0 unspecified atom stereocenters. The molecule has 21 heavy (non-hydrogen) atoms. The molecule has 0 fully saturated rings. The third kappa shape index (κ3) is 4.16. The molecule has 1 aromatic carbocycles. The largest absolute Gasteiger partial charge is 0.406 e. The quantitative estimate of drug-likeness (QED) is 0.620. The van der Waals surface area contributed by atoms with Crippen molar-refractivity contribution < 1.29 is 26.3 Å². The van der Waals surface area contributed by atoms with Gasteiger partial charge in [0.1, 0.15) is 29.8 Å². The summed E-state index contributed by atoms with van der Waals surface area (Å²) in [7, 11) is 0. The standard InChI is InChI=1S/C12H8F6N2S/c13-7-3-8(14)11(9(15)4-7)21-5-10-19-1-2-20(10)6-12(16,17)18/h1-4H,5-6H2. The lowest BCUT2D eigenvalue weighted by Gasteiger charge is -2.11. The second-order valence-electron chi connectivity index (χ2n) is 4.07. The summed E-state index contributed by atoms with van der Waals surface area (Å²) in [5, 5.41) is 0. The van der Waals surface area contributed by atoms with Crippen LogP contribution >= 0.6 is 11.8 Å². The van der Waals surface area contributed by atoms with Crippen molar-refractivity contribution in [2.75, 3.05) is 0 Å². The van der Waals surface area contributed by atoms with Gasteiger partial charge in [-0.25, -0.2) is 18.2 Å². The highest BCUT2D eigenvalue weighted by atomic mass is 32.2. The summed E-state index contributed by atoms with van der Waals surface area (Å²) in [6.45, 7) is -1.24. The van der Waals surface area contributed by atoms with Crippen LogP contribution < -0.4 is 0 Å². The van der Waals surface area contributed by atoms with E-state index in [0.717, 1.165) is 10.8 Å². The Morgan fingerprint density at radius 2 is 1.71 bits per heavy atom. The topological polar surface area (TPSA) is 17.8 Å². The minimum Gasteiger partial charge on any atom is -0.325 e. The number of rotatable bonds is 4. The van der Waals surface area contributed by atoms with Crippen molar-refractivity contribution >= 4 is 11.8 Å². The van der Waals surface area contributed by atoms with E-state index >= 15 is 0 Å². The Morgan fingerprint density at radius 3 is 2.29 bits per heavy atom. The molecule has 1 heterocycles. The van der Waals surface area contributed by atoms with Gasteiger partial charge in [-0.1, -0.05) is 0 Å². The first-order chi connectivity index (χ1) is 9.76. The maximum atomic E-state index is 13.4. The number of aromatic nitrogens is 2. The van der Waals surface area contributed by atoms with Crippen molar-refractivity contribution in [3.8, 4) is 0 Å². The molecule has 0 saturated heterocycles. The van der Waals surface area contributed by atoms with E-state index in [1.807, 2.05) is 0 Å². The van der Waals surface area contributed by atoms with E-state index in [1.54, 1.807) is 0 Å². The maximum Gasteiger partial charge on any atom is 0.406 e. The Kier molecular flexibility index (Phi) is 4.50. The Balaban J connectivity index is 2.13. The summed E-state index contributed by atoms with van der Waals surface area (Å²) in [5.41, 5.74) is 0. The van der Waals surface area contributed by atoms with Crippen LogP contribution in [0.5, 0.6) is 0 Å². The summed E-state index contributed by atoms with van der Waals surface area (Å²) in [6, 6.07) is 1.02. The number of imidazole rings is 1. The first-order valence-electron chi connectivity index (χ1n) is 5.60. The van der Waals surface area contributed by atoms with Gasteiger partial charge in [-0.2, -0.15) is 13.2 Å². The average molecular weight is 326 g/mol. The van der Waals surface area contributed by atoms with Gasteiger partial charge in [0.05, 0.1) is 10.6 Å². The molecule has 0 aliphatic heterocycles. The first-order valence-corrected chi connectivity index (χ1v) is 6.59. The highest BCUT2D eigenvalue weighted by Crippen LogP contribution is 2.29. The lowest BCUT2D eigenvalue weighted by Crippen LogP contribution is -2.18. The van der Waals surface area contributed by atoms with Crippen molar-refractivity contribution in [2.45, 2.75) is 23.4 Å². The smallest absolute Gasteiger partial charge is 0.325 e. The van der Waals surface area contributed by atoms with Crippen molar-refractivity contribution in [2.24, 2.45) is 0 Å². The molecule has 0 spiro atoms. The number of alkyl halides is 3. The summed E-state index contributed by atoms with van der Waals surface area (Å²) in [5.74, 6) is -3.44. The zero-order valence-electron chi connectivity index (χ0n) is 10.3. The van der Waals surface area contributed by atoms with E-state index in [2.05, 4.69) is 4.98 Å². The molecule has 0 aliphatic carbocycles. The van der Waals surface area contributed by atoms with Gasteiger partial charge in [0.2, 0.25) is 0 Å². The fourth-order valence-electron chi connectivity index (χ4n) is 1.62. The fourth-order valence-corrected chi connectivity index (χ4v) is 2.53. The van der Waals surface area contributed by atoms with Crippen molar-refractivity contribution in [1.29, 1.82) is 0 Å². The molecular weight excluding hydrogens is 318 g/mol. The molecule has 2 nitrogen and oxygen atoms in total. The SMILES string of the molecule is Fc1cc(F)c(SCc2nccn2CC(F)(F)F)c(F)c1. The van der Waals surface area contributed by atoms with Crippen LogP contribution in [0.25, 0.3) is 0 Å². The first kappa shape index (κ1) is 15.7. The van der Waals surface area contributed by atoms with Gasteiger partial charge < -0.3 is 4.57 Å². The molecule has 0 radical (unpaired) electrons. The van der Waals surface area contributed by atoms with Gasteiger partial charge in [-0.15, -0.1) is 11.8 Å². The molecule has 1 aromatic heterocycles. The molecule has 0 atom stereocenters. The van der Waals surface area contributed by atoms with Crippen LogP contribution in [0.4, 0.5) is 26.3 Å². The zero-order chi connectivity index (χ0) is 15.6. The predicted molar refractivity (Wildman–Crippen MR) is 64.2 cm³/mol. The van der Waals surface area contributed by atoms with Crippen LogP contribution in [0.2, 0.25) is 0 Å². The van der Waals surface area contributed by atoms with Gasteiger partial charge >= 0.3 is 6.18 Å². The maximum absolute atomic E-state index is 13.4. The normalized spacial score (nSPS) is 11.9. The van der Waals surface area contributed by atoms with Crippen molar-refractivity contribution in [3.05, 3.63) is 47.8 Å². The predicted octanol–water partition coefficient (Wildman–Crippen LogP) is 4.16. The van der Waals surface area contributed by atoms with Gasteiger partial charge in [0.25, 0.3) is 0 Å². The number of halogens is 6. The van der Waals surface area contributed by atoms with E-state index < -0.39 is 35.1 Å². The molecule has 2 rings (SSSR count). The highest BCUT2D eigenvalue weighted by Gasteiger charge is 2.28. The van der Waals surface area contributed by atoms with Gasteiger partial charge in [0, 0.05) is 24.5 Å². The Hall–Kier alpha value is -1.64. The van der Waals surface area contributed by atoms with E-state index in [0.29, 0.717) is 23.9 Å². The monoisotopic (exact) mass is 326 g/mol. The van der Waals surface area contributed by atoms with Crippen LogP contribution in [0.15, 0.2) is 29.4 Å². The van der Waals surface area contributed by atoms with Gasteiger partial charge in [0.15, 0.2) is 0 Å². The summed E-state index contributed by atoms with van der Waals surface area (Å²) >= 11 is 0.613. The van der Waals surface area contributed by atoms with E-state index in [4.69, 9.17) is 0 Å². The zero-order valence-corrected chi connectivity index (χ0v) is 11.1. The lowest BCUT2D eigenvalue weighted by molar-refractivity contribution is -0.140. The molecule has 0 bridgehead atoms. The van der Waals surface area contributed by atoms with Crippen molar-refractivity contribution in [1.82, 2.24) is 9.55 Å². The Morgan fingerprint density at radius 1 is 1.10 bits per heavy atom. The van der Waals surface area contributed by atoms with Crippen LogP contribution in [0.1, 0.15) is 5.82 Å². The number of hydrogen-bond donors (Lipinski definition) is 0. The summed E-state index contributed by atoms with van der Waals surface area (Å²) in [6.07, 6.45) is -2.13. The van der Waals surface area contributed by atoms with Crippen LogP contribution in [0, 0.1) is 17.5 Å². The van der Waals surface area contributed by atoms with Crippen LogP contribution in [-0.4, -0.2) is 15.7 Å². The summed E-state index contributed by atoms with van der Waals surface area (Å²) < 4.78 is 77.3. The second kappa shape index (κ2) is 6.00. The number of hydrogen-bond acceptors (Lipinski definition) is 2. The molecular formula is C12H8F6N2S. The molecule has 114 valence electrons. The summed E-state index contributed by atoms with van der Waals surface area (Å²) in [4.78, 5) is 3.26. The third-order valence-corrected chi connectivity index (χ3v) is 3.54. The Bertz CT molecular complexity index is 614. The highest BCUT2D eigenvalue weighted by molar-refractivity contribution is 7.98. The minimum atomic E-state index is -4.42. The number of nitrogens with zero attached hydrogens (tertiary/aromatic N) is 2. The molecule has 0 N–H and O–H groups in total. The third-order valence-electron chi connectivity index (χ3n) is 2.46. The van der Waals surface area contributed by atoms with E-state index in [9.17, 15) is 26.3 Å². The fraction of sp³-hybridized carbons (Fsp3) is 0.250. The molecule has 0 saturated carbocycles. The van der Waals surface area contributed by atoms with E-state index in [1.165, 1.54) is 6.20 Å². The molecule has 2 aromatic rings. The average Bonchev–Trinajstić information content (AvgIpc) is 2.72. The Labute approximate surface area is 119 Å². The van der Waals surface area contributed by atoms with Crippen molar-refractivity contribution in [3.63, 3.8) is 0 Å². The van der Waals surface area contributed by atoms with Crippen LogP contribution in [-0.2, 0) is 12.3 Å². The number of benzene rings is 1. The van der Waals surface area contributed by atoms with E-state index in [-0.39, 0.29) is 11.6 Å². The minimum absolute atomic E-state index is 0.0143. The second-order valence-corrected chi connectivity index (χ2v) is 5.06. The van der Waals surface area contributed by atoms with Crippen LogP contribution in [0.3, 0.4) is 0 Å². The molecule has 0 aliphatic rings. The lowest BCUT2D eigenvalue weighted by atomic mass is 10.3. The molecule has 9 heteroatoms. The van der Waals surface area contributed by atoms with Gasteiger partial charge in [-0.05, 0) is 0 Å². The number of thioether (sulfide) groups is 1. The molecule has 0 amide bonds.